The summed E-state index contributed by atoms with van der Waals surface area (Å²) < 4.78 is 9.55. The third-order valence-electron chi connectivity index (χ3n) is 0.322. The van der Waals surface area contributed by atoms with Gasteiger partial charge in [-0.05, 0) is 0 Å². The number of aliphatic hydroxyl groups excluding tert-OH is 1. The van der Waals surface area contributed by atoms with Crippen LogP contribution >= 0.6 is 8.46 Å². The Bertz CT molecular complexity index is 48.8. The fourth-order valence-electron chi connectivity index (χ4n) is 0.0333. The molecular formula is C2H6NO2P. The maximum atomic E-state index is 9.55. The van der Waals surface area contributed by atoms with Gasteiger partial charge in [0.1, 0.15) is 5.78 Å². The lowest BCUT2D eigenvalue weighted by molar-refractivity contribution is 0.294. The average Bonchev–Trinajstić information content (AvgIpc) is 1.65. The van der Waals surface area contributed by atoms with Gasteiger partial charge >= 0.3 is 0 Å². The molecule has 0 aliphatic carbocycles. The van der Waals surface area contributed by atoms with Crippen LogP contribution in [0, 0.1) is 0 Å². The van der Waals surface area contributed by atoms with Gasteiger partial charge in [0, 0.05) is 0 Å². The Morgan fingerprint density at radius 3 is 2.50 bits per heavy atom. The van der Waals surface area contributed by atoms with Crippen LogP contribution in [0.2, 0.25) is 0 Å². The van der Waals surface area contributed by atoms with E-state index >= 15 is 0 Å². The number of rotatable bonds is 2. The lowest BCUT2D eigenvalue weighted by Gasteiger charge is -1.88. The molecule has 0 saturated heterocycles. The van der Waals surface area contributed by atoms with Gasteiger partial charge < -0.3 is 10.8 Å². The predicted molar refractivity (Wildman–Crippen MR) is 22.7 cm³/mol. The predicted octanol–water partition coefficient (Wildman–Crippen LogP) is -0.445. The Labute approximate surface area is 37.4 Å². The van der Waals surface area contributed by atoms with Crippen LogP contribution in [0.5, 0.6) is 0 Å². The first-order valence-electron chi connectivity index (χ1n) is 1.50. The third-order valence-corrected chi connectivity index (χ3v) is 0.757. The van der Waals surface area contributed by atoms with E-state index in [0.29, 0.717) is 0 Å². The van der Waals surface area contributed by atoms with E-state index in [1.54, 1.807) is 0 Å². The Hall–Kier alpha value is 0.0200. The van der Waals surface area contributed by atoms with E-state index in [2.05, 4.69) is 0 Å². The quantitative estimate of drug-likeness (QED) is 0.470. The number of nitrogens with two attached hydrogens (primary N) is 1. The van der Waals surface area contributed by atoms with Crippen molar-refractivity contribution in [2.75, 3.05) is 6.61 Å². The molecule has 6 heavy (non-hydrogen) atoms. The molecule has 4 heteroatoms. The summed E-state index contributed by atoms with van der Waals surface area (Å²) in [5.74, 6) is -0.593. The second kappa shape index (κ2) is 3.22. The second-order valence-corrected chi connectivity index (χ2v) is 1.73. The highest BCUT2D eigenvalue weighted by Gasteiger charge is 1.92. The van der Waals surface area contributed by atoms with E-state index in [9.17, 15) is 4.57 Å². The number of aliphatic hydroxyl groups is 1. The molecule has 0 aromatic heterocycles. The summed E-state index contributed by atoms with van der Waals surface area (Å²) >= 11 is 0. The zero-order valence-corrected chi connectivity index (χ0v) is 4.06. The molecule has 0 radical (unpaired) electrons. The molecule has 0 heterocycles. The molecule has 0 rings (SSSR count). The van der Waals surface area contributed by atoms with E-state index in [4.69, 9.17) is 10.8 Å². The van der Waals surface area contributed by atoms with Crippen LogP contribution in [0.15, 0.2) is 0 Å². The van der Waals surface area contributed by atoms with Gasteiger partial charge in [0.2, 0.25) is 0 Å². The van der Waals surface area contributed by atoms with E-state index in [0.717, 1.165) is 0 Å². The number of hydrogen-bond donors (Lipinski definition) is 2. The smallest absolute Gasteiger partial charge is 0.176 e. The standard InChI is InChI=1S/C2H6NO2P/c3-2(1-4)6-5/h2,4H,1,3H2. The van der Waals surface area contributed by atoms with Crippen LogP contribution in [-0.2, 0) is 4.57 Å². The fraction of sp³-hybridized carbons (Fsp3) is 1.00. The molecule has 0 aliphatic rings. The Morgan fingerprint density at radius 1 is 2.00 bits per heavy atom. The molecule has 0 fully saturated rings. The van der Waals surface area contributed by atoms with Gasteiger partial charge in [-0.1, -0.05) is 0 Å². The number of hydrogen-bond acceptors (Lipinski definition) is 3. The minimum atomic E-state index is -0.593. The van der Waals surface area contributed by atoms with Crippen molar-refractivity contribution in [2.24, 2.45) is 5.73 Å². The lowest BCUT2D eigenvalue weighted by atomic mass is 10.7. The highest BCUT2D eigenvalue weighted by Crippen LogP contribution is 1.94. The molecule has 0 spiro atoms. The van der Waals surface area contributed by atoms with Crippen LogP contribution in [0.4, 0.5) is 0 Å². The highest BCUT2D eigenvalue weighted by atomic mass is 31.1. The van der Waals surface area contributed by atoms with E-state index in [-0.39, 0.29) is 15.1 Å². The van der Waals surface area contributed by atoms with Crippen molar-refractivity contribution < 1.29 is 9.67 Å². The SMILES string of the molecule is NC(CO)P=O. The molecule has 0 aromatic carbocycles. The van der Waals surface area contributed by atoms with Crippen molar-refractivity contribution >= 4 is 8.46 Å². The van der Waals surface area contributed by atoms with Crippen molar-refractivity contribution in [3.05, 3.63) is 0 Å². The van der Waals surface area contributed by atoms with E-state index < -0.39 is 5.78 Å². The molecule has 0 aliphatic heterocycles. The zero-order chi connectivity index (χ0) is 4.99. The zero-order valence-electron chi connectivity index (χ0n) is 3.16. The van der Waals surface area contributed by atoms with Gasteiger partial charge in [0.25, 0.3) is 0 Å². The van der Waals surface area contributed by atoms with Crippen molar-refractivity contribution in [1.82, 2.24) is 0 Å². The Balaban J connectivity index is 2.96. The minimum Gasteiger partial charge on any atom is -0.394 e. The Kier molecular flexibility index (Phi) is 3.23. The molecule has 0 amide bonds. The summed E-state index contributed by atoms with van der Waals surface area (Å²) in [7, 11) is -0.194. The van der Waals surface area contributed by atoms with Crippen molar-refractivity contribution in [2.45, 2.75) is 5.78 Å². The molecule has 3 nitrogen and oxygen atoms in total. The van der Waals surface area contributed by atoms with E-state index in [1.807, 2.05) is 0 Å². The van der Waals surface area contributed by atoms with Crippen LogP contribution in [0.1, 0.15) is 0 Å². The molecule has 1 atom stereocenters. The lowest BCUT2D eigenvalue weighted by Crippen LogP contribution is -2.15. The van der Waals surface area contributed by atoms with Gasteiger partial charge in [0.15, 0.2) is 8.46 Å². The molecule has 0 bridgehead atoms. The van der Waals surface area contributed by atoms with Crippen molar-refractivity contribution in [3.8, 4) is 0 Å². The molecule has 36 valence electrons. The van der Waals surface area contributed by atoms with Crippen LogP contribution in [0.3, 0.4) is 0 Å². The molecule has 1 unspecified atom stereocenters. The first kappa shape index (κ1) is 6.02. The Morgan fingerprint density at radius 2 is 2.50 bits per heavy atom. The maximum absolute atomic E-state index is 9.55. The third kappa shape index (κ3) is 2.27. The first-order chi connectivity index (χ1) is 2.81. The maximum Gasteiger partial charge on any atom is 0.176 e. The molecular weight excluding hydrogens is 101 g/mol. The second-order valence-electron chi connectivity index (χ2n) is 0.855. The van der Waals surface area contributed by atoms with Gasteiger partial charge in [-0.3, -0.25) is 4.57 Å². The molecule has 0 aromatic rings. The summed E-state index contributed by atoms with van der Waals surface area (Å²) in [5.41, 5.74) is 4.90. The summed E-state index contributed by atoms with van der Waals surface area (Å²) in [5, 5.41) is 8.00. The van der Waals surface area contributed by atoms with Gasteiger partial charge in [-0.15, -0.1) is 0 Å². The molecule has 0 saturated carbocycles. The molecule has 3 N–H and O–H groups in total. The van der Waals surface area contributed by atoms with Crippen LogP contribution in [0.25, 0.3) is 0 Å². The van der Waals surface area contributed by atoms with Gasteiger partial charge in [0.05, 0.1) is 6.61 Å². The first-order valence-corrected chi connectivity index (χ1v) is 2.38. The summed E-state index contributed by atoms with van der Waals surface area (Å²) in [6.07, 6.45) is 0. The van der Waals surface area contributed by atoms with Gasteiger partial charge in [-0.2, -0.15) is 0 Å². The summed E-state index contributed by atoms with van der Waals surface area (Å²) in [6.45, 7) is -0.217. The van der Waals surface area contributed by atoms with E-state index in [1.165, 1.54) is 0 Å². The van der Waals surface area contributed by atoms with Crippen molar-refractivity contribution in [3.63, 3.8) is 0 Å². The summed E-state index contributed by atoms with van der Waals surface area (Å²) in [4.78, 5) is 0. The topological polar surface area (TPSA) is 63.3 Å². The summed E-state index contributed by atoms with van der Waals surface area (Å²) in [6, 6.07) is 0. The largest absolute Gasteiger partial charge is 0.394 e. The fourth-order valence-corrected chi connectivity index (χ4v) is 0.100. The normalized spacial score (nSPS) is 15.0. The monoisotopic (exact) mass is 107 g/mol. The minimum absolute atomic E-state index is 0.194. The average molecular weight is 107 g/mol. The van der Waals surface area contributed by atoms with Crippen LogP contribution < -0.4 is 5.73 Å². The van der Waals surface area contributed by atoms with Gasteiger partial charge in [-0.25, -0.2) is 0 Å². The van der Waals surface area contributed by atoms with Crippen molar-refractivity contribution in [1.29, 1.82) is 0 Å². The van der Waals surface area contributed by atoms with Crippen LogP contribution in [-0.4, -0.2) is 17.5 Å². The highest BCUT2D eigenvalue weighted by molar-refractivity contribution is 7.24.